The van der Waals surface area contributed by atoms with Gasteiger partial charge in [-0.15, -0.1) is 6.58 Å². The van der Waals surface area contributed by atoms with E-state index >= 15 is 0 Å². The molecule has 0 aromatic heterocycles. The number of morpholine rings is 1. The highest BCUT2D eigenvalue weighted by molar-refractivity contribution is 6.46. The molecular formula is C27H30N2O6. The summed E-state index contributed by atoms with van der Waals surface area (Å²) in [5.41, 5.74) is 2.12. The highest BCUT2D eigenvalue weighted by Crippen LogP contribution is 2.40. The van der Waals surface area contributed by atoms with Crippen LogP contribution in [0, 0.1) is 0 Å². The van der Waals surface area contributed by atoms with Crippen molar-refractivity contribution in [1.29, 1.82) is 0 Å². The number of carbonyl (C=O) groups is 2. The molecule has 2 fully saturated rings. The van der Waals surface area contributed by atoms with E-state index in [1.54, 1.807) is 44.6 Å². The summed E-state index contributed by atoms with van der Waals surface area (Å²) in [6.45, 7) is 7.50. The molecule has 1 atom stereocenters. The van der Waals surface area contributed by atoms with E-state index in [2.05, 4.69) is 11.5 Å². The van der Waals surface area contributed by atoms with Crippen LogP contribution < -0.4 is 9.47 Å². The van der Waals surface area contributed by atoms with Crippen LogP contribution in [-0.2, 0) is 20.9 Å². The van der Waals surface area contributed by atoms with E-state index in [0.717, 1.165) is 24.4 Å². The van der Waals surface area contributed by atoms with Crippen molar-refractivity contribution in [2.24, 2.45) is 0 Å². The lowest BCUT2D eigenvalue weighted by atomic mass is 9.93. The van der Waals surface area contributed by atoms with Gasteiger partial charge in [-0.1, -0.05) is 12.1 Å². The number of ketones is 1. The molecule has 0 saturated carbocycles. The molecule has 2 aromatic carbocycles. The first kappa shape index (κ1) is 24.5. The van der Waals surface area contributed by atoms with Gasteiger partial charge in [0.1, 0.15) is 17.3 Å². The molecule has 0 radical (unpaired) electrons. The number of ether oxygens (including phenoxy) is 3. The minimum Gasteiger partial charge on any atom is -0.507 e. The van der Waals surface area contributed by atoms with Crippen LogP contribution in [-0.4, -0.2) is 73.7 Å². The Morgan fingerprint density at radius 3 is 2.46 bits per heavy atom. The minimum absolute atomic E-state index is 0.0458. The topological polar surface area (TPSA) is 88.5 Å². The maximum absolute atomic E-state index is 13.1. The lowest BCUT2D eigenvalue weighted by Crippen LogP contribution is -2.35. The summed E-state index contributed by atoms with van der Waals surface area (Å²) in [4.78, 5) is 29.8. The van der Waals surface area contributed by atoms with Crippen molar-refractivity contribution in [2.75, 3.05) is 47.1 Å². The Morgan fingerprint density at radius 2 is 1.83 bits per heavy atom. The Hall–Kier alpha value is -3.62. The van der Waals surface area contributed by atoms with Gasteiger partial charge < -0.3 is 24.2 Å². The molecule has 2 saturated heterocycles. The van der Waals surface area contributed by atoms with Crippen LogP contribution in [0.1, 0.15) is 22.7 Å². The Labute approximate surface area is 205 Å². The molecular weight excluding hydrogens is 448 g/mol. The fourth-order valence-electron chi connectivity index (χ4n) is 4.55. The van der Waals surface area contributed by atoms with Crippen molar-refractivity contribution < 1.29 is 28.9 Å². The van der Waals surface area contributed by atoms with E-state index in [9.17, 15) is 14.7 Å². The summed E-state index contributed by atoms with van der Waals surface area (Å²) in [7, 11) is 3.17. The third kappa shape index (κ3) is 4.94. The maximum Gasteiger partial charge on any atom is 0.295 e. The number of hydrogen-bond donors (Lipinski definition) is 1. The van der Waals surface area contributed by atoms with Gasteiger partial charge in [-0.25, -0.2) is 0 Å². The lowest BCUT2D eigenvalue weighted by Gasteiger charge is -2.28. The van der Waals surface area contributed by atoms with Gasteiger partial charge in [0, 0.05) is 37.3 Å². The van der Waals surface area contributed by atoms with E-state index in [1.807, 2.05) is 18.2 Å². The molecule has 2 aliphatic rings. The Bertz CT molecular complexity index is 1130. The zero-order chi connectivity index (χ0) is 24.9. The predicted molar refractivity (Wildman–Crippen MR) is 131 cm³/mol. The molecule has 0 aliphatic carbocycles. The monoisotopic (exact) mass is 478 g/mol. The second-order valence-corrected chi connectivity index (χ2v) is 8.43. The SMILES string of the molecule is C=CCN1C(=O)C(=O)C(=C(O)c2ccc(OC)cc2)[C@H]1c1ccc(OC)c(CN2CCOCC2)c1. The summed E-state index contributed by atoms with van der Waals surface area (Å²) < 4.78 is 16.2. The molecule has 1 N–H and O–H groups in total. The number of benzene rings is 2. The predicted octanol–water partition coefficient (Wildman–Crippen LogP) is 3.14. The van der Waals surface area contributed by atoms with E-state index in [1.165, 1.54) is 4.90 Å². The van der Waals surface area contributed by atoms with Crippen LogP contribution in [0.4, 0.5) is 0 Å². The summed E-state index contributed by atoms with van der Waals surface area (Å²) in [5.74, 6) is -0.288. The van der Waals surface area contributed by atoms with E-state index in [0.29, 0.717) is 36.6 Å². The zero-order valence-electron chi connectivity index (χ0n) is 20.0. The normalized spacial score (nSPS) is 20.2. The Balaban J connectivity index is 1.80. The van der Waals surface area contributed by atoms with Crippen molar-refractivity contribution in [1.82, 2.24) is 9.80 Å². The van der Waals surface area contributed by atoms with Crippen LogP contribution in [0.25, 0.3) is 5.76 Å². The Morgan fingerprint density at radius 1 is 1.11 bits per heavy atom. The zero-order valence-corrected chi connectivity index (χ0v) is 20.0. The molecule has 2 aliphatic heterocycles. The van der Waals surface area contributed by atoms with E-state index in [-0.39, 0.29) is 17.9 Å². The van der Waals surface area contributed by atoms with Crippen LogP contribution >= 0.6 is 0 Å². The summed E-state index contributed by atoms with van der Waals surface area (Å²) in [6, 6.07) is 11.6. The molecule has 184 valence electrons. The number of hydrogen-bond acceptors (Lipinski definition) is 7. The average Bonchev–Trinajstić information content (AvgIpc) is 3.14. The molecule has 35 heavy (non-hydrogen) atoms. The van der Waals surface area contributed by atoms with E-state index in [4.69, 9.17) is 14.2 Å². The first-order chi connectivity index (χ1) is 17.0. The van der Waals surface area contributed by atoms with Crippen LogP contribution in [0.3, 0.4) is 0 Å². The number of nitrogens with zero attached hydrogens (tertiary/aromatic N) is 2. The van der Waals surface area contributed by atoms with Gasteiger partial charge in [-0.3, -0.25) is 14.5 Å². The average molecular weight is 479 g/mol. The second-order valence-electron chi connectivity index (χ2n) is 8.43. The van der Waals surface area contributed by atoms with Crippen molar-refractivity contribution in [3.63, 3.8) is 0 Å². The molecule has 0 unspecified atom stereocenters. The number of carbonyl (C=O) groups excluding carboxylic acids is 2. The van der Waals surface area contributed by atoms with Crippen LogP contribution in [0.5, 0.6) is 11.5 Å². The first-order valence-corrected chi connectivity index (χ1v) is 11.5. The fraction of sp³-hybridized carbons (Fsp3) is 0.333. The first-order valence-electron chi connectivity index (χ1n) is 11.5. The van der Waals surface area contributed by atoms with Gasteiger partial charge in [0.15, 0.2) is 0 Å². The van der Waals surface area contributed by atoms with Crippen molar-refractivity contribution in [2.45, 2.75) is 12.6 Å². The fourth-order valence-corrected chi connectivity index (χ4v) is 4.55. The standard InChI is InChI=1S/C27H30N2O6/c1-4-11-29-24(19-7-10-22(34-3)20(16-19)17-28-12-14-35-15-13-28)23(26(31)27(29)32)25(30)18-5-8-21(33-2)9-6-18/h4-10,16,24,30H,1,11-15,17H2,2-3H3/t24-/m1/s1. The number of methoxy groups -OCH3 is 2. The molecule has 4 rings (SSSR count). The molecule has 2 aromatic rings. The highest BCUT2D eigenvalue weighted by atomic mass is 16.5. The number of rotatable bonds is 8. The van der Waals surface area contributed by atoms with Crippen molar-refractivity contribution in [3.8, 4) is 11.5 Å². The van der Waals surface area contributed by atoms with Gasteiger partial charge in [0.05, 0.1) is 39.0 Å². The quantitative estimate of drug-likeness (QED) is 0.270. The van der Waals surface area contributed by atoms with Crippen molar-refractivity contribution in [3.05, 3.63) is 77.4 Å². The third-order valence-corrected chi connectivity index (χ3v) is 6.35. The summed E-state index contributed by atoms with van der Waals surface area (Å²) in [5, 5.41) is 11.2. The van der Waals surface area contributed by atoms with Gasteiger partial charge in [0.2, 0.25) is 0 Å². The van der Waals surface area contributed by atoms with E-state index < -0.39 is 17.7 Å². The number of aliphatic hydroxyl groups is 1. The smallest absolute Gasteiger partial charge is 0.295 e. The molecule has 8 heteroatoms. The van der Waals surface area contributed by atoms with Crippen LogP contribution in [0.2, 0.25) is 0 Å². The highest BCUT2D eigenvalue weighted by Gasteiger charge is 2.45. The number of likely N-dealkylation sites (tertiary alicyclic amines) is 1. The summed E-state index contributed by atoms with van der Waals surface area (Å²) in [6.07, 6.45) is 1.57. The van der Waals surface area contributed by atoms with Crippen LogP contribution in [0.15, 0.2) is 60.7 Å². The molecule has 8 nitrogen and oxygen atoms in total. The molecule has 0 bridgehead atoms. The van der Waals surface area contributed by atoms with Crippen molar-refractivity contribution >= 4 is 17.4 Å². The molecule has 0 spiro atoms. The molecule has 2 heterocycles. The van der Waals surface area contributed by atoms with Gasteiger partial charge >= 0.3 is 0 Å². The largest absolute Gasteiger partial charge is 0.507 e. The number of amides is 1. The van der Waals surface area contributed by atoms with Gasteiger partial charge in [-0.2, -0.15) is 0 Å². The number of Topliss-reactive ketones (excluding diaryl/α,β-unsaturated/α-hetero) is 1. The number of aliphatic hydroxyl groups excluding tert-OH is 1. The third-order valence-electron chi connectivity index (χ3n) is 6.35. The maximum atomic E-state index is 13.1. The minimum atomic E-state index is -0.760. The van der Waals surface area contributed by atoms with Gasteiger partial charge in [-0.05, 0) is 42.0 Å². The van der Waals surface area contributed by atoms with Gasteiger partial charge in [0.25, 0.3) is 11.7 Å². The lowest BCUT2D eigenvalue weighted by molar-refractivity contribution is -0.139. The molecule has 1 amide bonds. The Kier molecular flexibility index (Phi) is 7.53. The second kappa shape index (κ2) is 10.8. The summed E-state index contributed by atoms with van der Waals surface area (Å²) >= 11 is 0.